The second-order valence-corrected chi connectivity index (χ2v) is 3.22. The first-order valence-corrected chi connectivity index (χ1v) is 4.53. The Labute approximate surface area is 87.2 Å². The lowest BCUT2D eigenvalue weighted by Gasteiger charge is -2.01. The Bertz CT molecular complexity index is 432. The number of nitrogens with zero attached hydrogens (tertiary/aromatic N) is 4. The number of hydrogen-bond acceptors (Lipinski definition) is 5. The maximum atomic E-state index is 5.47. The van der Waals surface area contributed by atoms with Crippen molar-refractivity contribution < 1.29 is 0 Å². The van der Waals surface area contributed by atoms with Gasteiger partial charge in [0.1, 0.15) is 0 Å². The third-order valence-electron chi connectivity index (χ3n) is 1.88. The summed E-state index contributed by atoms with van der Waals surface area (Å²) < 4.78 is 1.75. The maximum Gasteiger partial charge on any atom is 0.222 e. The summed E-state index contributed by atoms with van der Waals surface area (Å²) in [5, 5.41) is 7.13. The van der Waals surface area contributed by atoms with Gasteiger partial charge in [0.15, 0.2) is 0 Å². The number of nitrogens with one attached hydrogen (secondary N) is 1. The second kappa shape index (κ2) is 3.95. The van der Waals surface area contributed by atoms with Crippen molar-refractivity contribution >= 4 is 11.6 Å². The number of hydrogen-bond donors (Lipinski definition) is 2. The molecule has 15 heavy (non-hydrogen) atoms. The Morgan fingerprint density at radius 3 is 2.67 bits per heavy atom. The van der Waals surface area contributed by atoms with E-state index in [1.54, 1.807) is 23.3 Å². The molecule has 0 aromatic carbocycles. The summed E-state index contributed by atoms with van der Waals surface area (Å²) in [6.07, 6.45) is 6.87. The summed E-state index contributed by atoms with van der Waals surface area (Å²) >= 11 is 0. The normalized spacial score (nSPS) is 10.2. The molecule has 0 spiro atoms. The molecule has 2 aromatic heterocycles. The molecular formula is C9H12N6. The lowest BCUT2D eigenvalue weighted by atomic mass is 10.4. The van der Waals surface area contributed by atoms with Gasteiger partial charge in [-0.3, -0.25) is 4.68 Å². The fourth-order valence-electron chi connectivity index (χ4n) is 1.17. The van der Waals surface area contributed by atoms with Crippen LogP contribution in [0.5, 0.6) is 0 Å². The number of rotatable bonds is 3. The van der Waals surface area contributed by atoms with Crippen molar-refractivity contribution in [3.8, 4) is 0 Å². The zero-order valence-corrected chi connectivity index (χ0v) is 8.38. The van der Waals surface area contributed by atoms with Gasteiger partial charge in [-0.1, -0.05) is 0 Å². The predicted molar refractivity (Wildman–Crippen MR) is 57.0 cm³/mol. The van der Waals surface area contributed by atoms with Crippen LogP contribution in [0.1, 0.15) is 5.56 Å². The molecule has 0 bridgehead atoms. The van der Waals surface area contributed by atoms with E-state index in [1.165, 1.54) is 0 Å². The minimum absolute atomic E-state index is 0.557. The van der Waals surface area contributed by atoms with E-state index in [0.29, 0.717) is 18.2 Å². The third-order valence-corrected chi connectivity index (χ3v) is 1.88. The van der Waals surface area contributed by atoms with Crippen molar-refractivity contribution in [3.63, 3.8) is 0 Å². The van der Waals surface area contributed by atoms with Gasteiger partial charge in [0, 0.05) is 25.4 Å². The molecule has 0 unspecified atom stereocenters. The molecule has 0 atom stereocenters. The highest BCUT2D eigenvalue weighted by molar-refractivity contribution is 5.36. The van der Waals surface area contributed by atoms with Gasteiger partial charge < -0.3 is 11.1 Å². The Morgan fingerprint density at radius 2 is 2.07 bits per heavy atom. The van der Waals surface area contributed by atoms with Crippen LogP contribution >= 0.6 is 0 Å². The van der Waals surface area contributed by atoms with E-state index in [4.69, 9.17) is 5.73 Å². The average molecular weight is 204 g/mol. The number of nitrogens with two attached hydrogens (primary N) is 1. The van der Waals surface area contributed by atoms with Crippen LogP contribution in [0.15, 0.2) is 24.8 Å². The van der Waals surface area contributed by atoms with E-state index in [0.717, 1.165) is 5.56 Å². The third kappa shape index (κ3) is 2.43. The van der Waals surface area contributed by atoms with Crippen LogP contribution in [0.25, 0.3) is 0 Å². The van der Waals surface area contributed by atoms with Crippen molar-refractivity contribution in [2.75, 3.05) is 11.1 Å². The first kappa shape index (κ1) is 9.45. The number of nitrogen functional groups attached to an aromatic ring is 1. The van der Waals surface area contributed by atoms with Gasteiger partial charge in [-0.2, -0.15) is 5.10 Å². The van der Waals surface area contributed by atoms with Gasteiger partial charge in [0.2, 0.25) is 5.95 Å². The summed E-state index contributed by atoms with van der Waals surface area (Å²) in [6, 6.07) is 0. The number of aromatic nitrogens is 4. The van der Waals surface area contributed by atoms with Crippen molar-refractivity contribution in [2.24, 2.45) is 7.05 Å². The zero-order chi connectivity index (χ0) is 10.7. The molecule has 0 fully saturated rings. The highest BCUT2D eigenvalue weighted by Gasteiger charge is 1.97. The van der Waals surface area contributed by atoms with Crippen molar-refractivity contribution in [3.05, 3.63) is 30.4 Å². The SMILES string of the molecule is Cn1cc(CNc2ncc(N)cn2)cn1. The monoisotopic (exact) mass is 204 g/mol. The van der Waals surface area contributed by atoms with Crippen LogP contribution in [0.3, 0.4) is 0 Å². The largest absolute Gasteiger partial charge is 0.396 e. The summed E-state index contributed by atoms with van der Waals surface area (Å²) in [4.78, 5) is 8.05. The summed E-state index contributed by atoms with van der Waals surface area (Å²) in [7, 11) is 1.88. The van der Waals surface area contributed by atoms with Crippen LogP contribution in [0, 0.1) is 0 Å². The van der Waals surface area contributed by atoms with Gasteiger partial charge in [-0.05, 0) is 0 Å². The summed E-state index contributed by atoms with van der Waals surface area (Å²) in [5.41, 5.74) is 7.11. The Hall–Kier alpha value is -2.11. The maximum absolute atomic E-state index is 5.47. The van der Waals surface area contributed by atoms with E-state index < -0.39 is 0 Å². The molecule has 0 saturated carbocycles. The molecule has 0 saturated heterocycles. The van der Waals surface area contributed by atoms with Crippen molar-refractivity contribution in [2.45, 2.75) is 6.54 Å². The Kier molecular flexibility index (Phi) is 2.49. The van der Waals surface area contributed by atoms with Gasteiger partial charge in [0.25, 0.3) is 0 Å². The molecular weight excluding hydrogens is 192 g/mol. The average Bonchev–Trinajstić information content (AvgIpc) is 2.64. The predicted octanol–water partition coefficient (Wildman–Crippen LogP) is 0.404. The first-order valence-electron chi connectivity index (χ1n) is 4.53. The Morgan fingerprint density at radius 1 is 1.33 bits per heavy atom. The minimum Gasteiger partial charge on any atom is -0.396 e. The highest BCUT2D eigenvalue weighted by atomic mass is 15.2. The lowest BCUT2D eigenvalue weighted by molar-refractivity contribution is 0.767. The zero-order valence-electron chi connectivity index (χ0n) is 8.38. The molecule has 6 nitrogen and oxygen atoms in total. The van der Waals surface area contributed by atoms with Crippen molar-refractivity contribution in [1.82, 2.24) is 19.7 Å². The topological polar surface area (TPSA) is 81.7 Å². The van der Waals surface area contributed by atoms with Gasteiger partial charge in [-0.25, -0.2) is 9.97 Å². The molecule has 6 heteroatoms. The fourth-order valence-corrected chi connectivity index (χ4v) is 1.17. The van der Waals surface area contributed by atoms with Crippen LogP contribution in [0.4, 0.5) is 11.6 Å². The lowest BCUT2D eigenvalue weighted by Crippen LogP contribution is -2.03. The summed E-state index contributed by atoms with van der Waals surface area (Å²) in [6.45, 7) is 0.651. The van der Waals surface area contributed by atoms with Gasteiger partial charge in [0.05, 0.1) is 24.3 Å². The molecule has 0 amide bonds. The first-order chi connectivity index (χ1) is 7.24. The van der Waals surface area contributed by atoms with Gasteiger partial charge in [-0.15, -0.1) is 0 Å². The van der Waals surface area contributed by atoms with E-state index >= 15 is 0 Å². The van der Waals surface area contributed by atoms with E-state index in [1.807, 2.05) is 13.2 Å². The molecule has 0 aliphatic carbocycles. The summed E-state index contributed by atoms with van der Waals surface area (Å²) in [5.74, 6) is 0.563. The van der Waals surface area contributed by atoms with Gasteiger partial charge >= 0.3 is 0 Å². The van der Waals surface area contributed by atoms with Crippen molar-refractivity contribution in [1.29, 1.82) is 0 Å². The molecule has 0 radical (unpaired) electrons. The highest BCUT2D eigenvalue weighted by Crippen LogP contribution is 2.03. The standard InChI is InChI=1S/C9H12N6/c1-15-6-7(3-14-15)2-11-9-12-4-8(10)5-13-9/h3-6H,2,10H2,1H3,(H,11,12,13). The molecule has 2 aromatic rings. The van der Waals surface area contributed by atoms with Crippen LogP contribution in [-0.2, 0) is 13.6 Å². The van der Waals surface area contributed by atoms with E-state index in [-0.39, 0.29) is 0 Å². The molecule has 0 aliphatic heterocycles. The molecule has 0 aliphatic rings. The fraction of sp³-hybridized carbons (Fsp3) is 0.222. The number of aryl methyl sites for hydroxylation is 1. The molecule has 3 N–H and O–H groups in total. The van der Waals surface area contributed by atoms with E-state index in [2.05, 4.69) is 20.4 Å². The van der Waals surface area contributed by atoms with E-state index in [9.17, 15) is 0 Å². The minimum atomic E-state index is 0.557. The second-order valence-electron chi connectivity index (χ2n) is 3.22. The number of anilines is 2. The molecule has 2 heterocycles. The Balaban J connectivity index is 1.96. The van der Waals surface area contributed by atoms with Crippen LogP contribution < -0.4 is 11.1 Å². The molecule has 2 rings (SSSR count). The van der Waals surface area contributed by atoms with Crippen LogP contribution in [0.2, 0.25) is 0 Å². The molecule has 78 valence electrons. The van der Waals surface area contributed by atoms with Crippen LogP contribution in [-0.4, -0.2) is 19.7 Å². The quantitative estimate of drug-likeness (QED) is 0.756. The smallest absolute Gasteiger partial charge is 0.222 e.